The summed E-state index contributed by atoms with van der Waals surface area (Å²) in [6, 6.07) is 24.3. The van der Waals surface area contributed by atoms with Gasteiger partial charge >= 0.3 is 0 Å². The molecule has 1 saturated heterocycles. The van der Waals surface area contributed by atoms with Crippen LogP contribution in [0.5, 0.6) is 5.75 Å². The van der Waals surface area contributed by atoms with Crippen LogP contribution in [0, 0.1) is 0 Å². The number of aryl methyl sites for hydroxylation is 1. The van der Waals surface area contributed by atoms with Gasteiger partial charge in [-0.15, -0.1) is 0 Å². The maximum absolute atomic E-state index is 13.0. The molecule has 0 aromatic heterocycles. The molecule has 0 spiro atoms. The summed E-state index contributed by atoms with van der Waals surface area (Å²) < 4.78 is 6.28. The maximum Gasteiger partial charge on any atom is 0.270 e. The quantitative estimate of drug-likeness (QED) is 0.353. The minimum absolute atomic E-state index is 0.145. The van der Waals surface area contributed by atoms with Crippen LogP contribution in [-0.4, -0.2) is 22.7 Å². The predicted molar refractivity (Wildman–Crippen MR) is 138 cm³/mol. The van der Waals surface area contributed by atoms with Crippen molar-refractivity contribution in [3.8, 4) is 5.75 Å². The van der Waals surface area contributed by atoms with E-state index in [0.717, 1.165) is 23.4 Å². The van der Waals surface area contributed by atoms with Crippen LogP contribution in [-0.2, 0) is 16.0 Å². The van der Waals surface area contributed by atoms with Crippen molar-refractivity contribution in [2.24, 2.45) is 0 Å². The largest absolute Gasteiger partial charge is 0.483 e. The fourth-order valence-corrected chi connectivity index (χ4v) is 4.71. The predicted octanol–water partition coefficient (Wildman–Crippen LogP) is 5.67. The number of para-hydroxylation sites is 3. The van der Waals surface area contributed by atoms with Crippen molar-refractivity contribution in [2.45, 2.75) is 13.3 Å². The lowest BCUT2D eigenvalue weighted by Gasteiger charge is -2.14. The first kappa shape index (κ1) is 22.8. The average Bonchev–Trinajstić information content (AvgIpc) is 3.12. The van der Waals surface area contributed by atoms with Crippen LogP contribution in [0.2, 0.25) is 0 Å². The van der Waals surface area contributed by atoms with Crippen LogP contribution in [0.3, 0.4) is 0 Å². The number of thiocarbonyl (C=S) groups is 1. The molecule has 1 fully saturated rings. The van der Waals surface area contributed by atoms with Crippen molar-refractivity contribution in [2.75, 3.05) is 16.8 Å². The second-order valence-electron chi connectivity index (χ2n) is 7.24. The van der Waals surface area contributed by atoms with Gasteiger partial charge in [0.25, 0.3) is 11.8 Å². The van der Waals surface area contributed by atoms with Gasteiger partial charge in [-0.1, -0.05) is 85.5 Å². The van der Waals surface area contributed by atoms with E-state index >= 15 is 0 Å². The highest BCUT2D eigenvalue weighted by atomic mass is 32.2. The van der Waals surface area contributed by atoms with Crippen molar-refractivity contribution in [1.82, 2.24) is 0 Å². The zero-order chi connectivity index (χ0) is 23.2. The molecule has 7 heteroatoms. The molecule has 33 heavy (non-hydrogen) atoms. The minimum atomic E-state index is -0.249. The van der Waals surface area contributed by atoms with Crippen molar-refractivity contribution < 1.29 is 14.3 Å². The van der Waals surface area contributed by atoms with E-state index in [1.54, 1.807) is 12.1 Å². The lowest BCUT2D eigenvalue weighted by Crippen LogP contribution is -2.27. The Kier molecular flexibility index (Phi) is 7.22. The first-order valence-electron chi connectivity index (χ1n) is 10.5. The summed E-state index contributed by atoms with van der Waals surface area (Å²) in [5.41, 5.74) is 3.28. The Hall–Kier alpha value is -3.42. The molecule has 0 aliphatic carbocycles. The number of hydrogen-bond donors (Lipinski definition) is 1. The Balaban J connectivity index is 1.48. The Morgan fingerprint density at radius 1 is 1.03 bits per heavy atom. The summed E-state index contributed by atoms with van der Waals surface area (Å²) in [5.74, 6) is 0.0856. The molecular weight excluding hydrogens is 452 g/mol. The van der Waals surface area contributed by atoms with Crippen molar-refractivity contribution in [3.05, 3.63) is 94.9 Å². The Labute approximate surface area is 202 Å². The van der Waals surface area contributed by atoms with Gasteiger partial charge in [-0.3, -0.25) is 14.5 Å². The summed E-state index contributed by atoms with van der Waals surface area (Å²) in [6.07, 6.45) is 2.57. The number of nitrogens with one attached hydrogen (secondary N) is 1. The van der Waals surface area contributed by atoms with E-state index in [-0.39, 0.29) is 18.4 Å². The van der Waals surface area contributed by atoms with E-state index in [0.29, 0.717) is 20.5 Å². The van der Waals surface area contributed by atoms with E-state index in [1.165, 1.54) is 16.7 Å². The van der Waals surface area contributed by atoms with Crippen LogP contribution < -0.4 is 15.0 Å². The fourth-order valence-electron chi connectivity index (χ4n) is 3.42. The normalized spacial score (nSPS) is 14.6. The number of ether oxygens (including phenoxy) is 1. The van der Waals surface area contributed by atoms with E-state index in [4.69, 9.17) is 17.0 Å². The number of hydrogen-bond acceptors (Lipinski definition) is 5. The molecular formula is C26H22N2O3S2. The third-order valence-corrected chi connectivity index (χ3v) is 6.35. The number of benzene rings is 3. The number of thioether (sulfide) groups is 1. The molecule has 4 rings (SSSR count). The first-order valence-corrected chi connectivity index (χ1v) is 11.7. The lowest BCUT2D eigenvalue weighted by atomic mass is 10.1. The fraction of sp³-hybridized carbons (Fsp3) is 0.115. The number of nitrogens with zero attached hydrogens (tertiary/aromatic N) is 1. The molecule has 3 aromatic carbocycles. The Morgan fingerprint density at radius 2 is 1.73 bits per heavy atom. The minimum Gasteiger partial charge on any atom is -0.483 e. The summed E-state index contributed by atoms with van der Waals surface area (Å²) in [6.45, 7) is 1.89. The van der Waals surface area contributed by atoms with Crippen LogP contribution in [0.25, 0.3) is 6.08 Å². The number of anilines is 2. The number of carbonyl (C=O) groups excluding carboxylic acids is 2. The molecule has 0 saturated carbocycles. The second kappa shape index (κ2) is 10.5. The maximum atomic E-state index is 13.0. The molecule has 1 aliphatic heterocycles. The van der Waals surface area contributed by atoms with Crippen molar-refractivity contribution in [1.29, 1.82) is 0 Å². The van der Waals surface area contributed by atoms with Crippen molar-refractivity contribution in [3.63, 3.8) is 0 Å². The summed E-state index contributed by atoms with van der Waals surface area (Å²) in [7, 11) is 0. The molecule has 0 atom stereocenters. The molecule has 3 aromatic rings. The zero-order valence-electron chi connectivity index (χ0n) is 18.0. The van der Waals surface area contributed by atoms with Gasteiger partial charge in [0.2, 0.25) is 0 Å². The molecule has 2 amide bonds. The molecule has 1 N–H and O–H groups in total. The molecule has 0 unspecified atom stereocenters. The Morgan fingerprint density at radius 3 is 2.52 bits per heavy atom. The van der Waals surface area contributed by atoms with Crippen LogP contribution in [0.4, 0.5) is 11.4 Å². The summed E-state index contributed by atoms with van der Waals surface area (Å²) in [4.78, 5) is 27.5. The molecule has 166 valence electrons. The van der Waals surface area contributed by atoms with Crippen LogP contribution in [0.1, 0.15) is 18.1 Å². The third kappa shape index (κ3) is 5.32. The van der Waals surface area contributed by atoms with Gasteiger partial charge in [0.1, 0.15) is 5.75 Å². The first-order chi connectivity index (χ1) is 16.1. The smallest absolute Gasteiger partial charge is 0.270 e. The molecule has 0 radical (unpaired) electrons. The topological polar surface area (TPSA) is 58.6 Å². The molecule has 1 aliphatic rings. The SMILES string of the molecule is CCc1ccccc1NC(=O)COc1ccccc1/C=C1\SC(=S)N(c2ccccc2)C1=O. The number of carbonyl (C=O) groups is 2. The lowest BCUT2D eigenvalue weighted by molar-refractivity contribution is -0.118. The zero-order valence-corrected chi connectivity index (χ0v) is 19.6. The highest BCUT2D eigenvalue weighted by molar-refractivity contribution is 8.27. The average molecular weight is 475 g/mol. The van der Waals surface area contributed by atoms with E-state index in [1.807, 2.05) is 79.7 Å². The van der Waals surface area contributed by atoms with Gasteiger partial charge in [0.05, 0.1) is 10.6 Å². The van der Waals surface area contributed by atoms with Crippen LogP contribution >= 0.6 is 24.0 Å². The van der Waals surface area contributed by atoms with Gasteiger partial charge in [-0.05, 0) is 42.3 Å². The summed E-state index contributed by atoms with van der Waals surface area (Å²) >= 11 is 6.68. The monoisotopic (exact) mass is 474 g/mol. The van der Waals surface area contributed by atoms with Crippen LogP contribution in [0.15, 0.2) is 83.8 Å². The summed E-state index contributed by atoms with van der Waals surface area (Å²) in [5, 5.41) is 2.90. The van der Waals surface area contributed by atoms with Gasteiger partial charge < -0.3 is 10.1 Å². The Bertz CT molecular complexity index is 1220. The van der Waals surface area contributed by atoms with Gasteiger partial charge in [-0.2, -0.15) is 0 Å². The standard InChI is InChI=1S/C26H22N2O3S2/c1-2-18-10-6-8-14-21(18)27-24(29)17-31-22-15-9-7-11-19(22)16-23-25(30)28(26(32)33-23)20-12-4-3-5-13-20/h3-16H,2,17H2,1H3,(H,27,29)/b23-16-. The van der Waals surface area contributed by atoms with Gasteiger partial charge in [-0.25, -0.2) is 0 Å². The molecule has 1 heterocycles. The van der Waals surface area contributed by atoms with E-state index in [2.05, 4.69) is 5.32 Å². The van der Waals surface area contributed by atoms with Gasteiger partial charge in [0, 0.05) is 11.3 Å². The van der Waals surface area contributed by atoms with Gasteiger partial charge in [0.15, 0.2) is 10.9 Å². The number of amides is 2. The molecule has 5 nitrogen and oxygen atoms in total. The number of rotatable bonds is 7. The van der Waals surface area contributed by atoms with E-state index in [9.17, 15) is 9.59 Å². The molecule has 0 bridgehead atoms. The van der Waals surface area contributed by atoms with E-state index < -0.39 is 0 Å². The van der Waals surface area contributed by atoms with Crippen molar-refractivity contribution >= 4 is 57.6 Å². The highest BCUT2D eigenvalue weighted by Gasteiger charge is 2.33. The second-order valence-corrected chi connectivity index (χ2v) is 8.91. The third-order valence-electron chi connectivity index (χ3n) is 5.04. The highest BCUT2D eigenvalue weighted by Crippen LogP contribution is 2.37.